The maximum Gasteiger partial charge on any atom is 0.140 e. The molecule has 2 N–H and O–H groups in total. The van der Waals surface area contributed by atoms with Gasteiger partial charge in [-0.25, -0.2) is 0 Å². The molecule has 6 aliphatic rings. The molecule has 4 nitrogen and oxygen atoms in total. The van der Waals surface area contributed by atoms with E-state index in [0.29, 0.717) is 36.0 Å². The topological polar surface area (TPSA) is 61.7 Å². The fourth-order valence-corrected chi connectivity index (χ4v) is 12.6. The highest BCUT2D eigenvalue weighted by atomic mass is 32.2. The molecular weight excluding hydrogens is 440 g/mol. The minimum Gasteiger partial charge on any atom is -0.393 e. The van der Waals surface area contributed by atoms with Crippen LogP contribution in [-0.2, 0) is 4.79 Å². The number of rotatable bonds is 3. The summed E-state index contributed by atoms with van der Waals surface area (Å²) in [7, 11) is 2.00. The van der Waals surface area contributed by atoms with E-state index < -0.39 is 0 Å². The average Bonchev–Trinajstić information content (AvgIpc) is 3.41. The molecule has 0 unspecified atom stereocenters. The predicted octanol–water partition coefficient (Wildman–Crippen LogP) is 5.33. The Kier molecular flexibility index (Phi) is 5.03. The van der Waals surface area contributed by atoms with Gasteiger partial charge in [-0.1, -0.05) is 34.6 Å². The second-order valence-corrected chi connectivity index (χ2v) is 15.3. The van der Waals surface area contributed by atoms with Crippen LogP contribution in [0.5, 0.6) is 0 Å². The van der Waals surface area contributed by atoms with Crippen LogP contribution in [0.2, 0.25) is 0 Å². The lowest BCUT2D eigenvalue weighted by Crippen LogP contribution is -2.62. The molecule has 5 heteroatoms. The van der Waals surface area contributed by atoms with Gasteiger partial charge in [0.15, 0.2) is 0 Å². The number of thioether (sulfide) groups is 1. The summed E-state index contributed by atoms with van der Waals surface area (Å²) in [4.78, 5) is 19.7. The first kappa shape index (κ1) is 24.0. The second kappa shape index (κ2) is 7.13. The Bertz CT molecular complexity index is 950. The van der Waals surface area contributed by atoms with E-state index in [1.807, 2.05) is 18.8 Å². The van der Waals surface area contributed by atoms with Crippen molar-refractivity contribution >= 4 is 22.6 Å². The Balaban J connectivity index is 1.38. The Hall–Kier alpha value is -0.390. The highest BCUT2D eigenvalue weighted by Gasteiger charge is 2.86. The maximum atomic E-state index is 14.4. The number of Topliss-reactive ketones (excluding diaryl/α,β-unsaturated/α-hetero) is 1. The van der Waals surface area contributed by atoms with Gasteiger partial charge in [0.25, 0.3) is 0 Å². The van der Waals surface area contributed by atoms with Crippen LogP contribution in [0.25, 0.3) is 0 Å². The molecule has 0 aromatic rings. The molecule has 5 fully saturated rings. The van der Waals surface area contributed by atoms with Gasteiger partial charge < -0.3 is 10.4 Å². The molecule has 190 valence electrons. The third-order valence-electron chi connectivity index (χ3n) is 13.0. The lowest BCUT2D eigenvalue weighted by atomic mass is 9.41. The Morgan fingerprint density at radius 3 is 2.47 bits per heavy atom. The molecule has 0 aromatic heterocycles. The largest absolute Gasteiger partial charge is 0.393 e. The van der Waals surface area contributed by atoms with E-state index in [-0.39, 0.29) is 45.1 Å². The molecule has 0 aromatic carbocycles. The van der Waals surface area contributed by atoms with Crippen LogP contribution in [-0.4, -0.2) is 46.9 Å². The van der Waals surface area contributed by atoms with Crippen molar-refractivity contribution in [3.05, 3.63) is 0 Å². The molecule has 34 heavy (non-hydrogen) atoms. The van der Waals surface area contributed by atoms with Crippen LogP contribution in [0, 0.1) is 50.7 Å². The number of hydrogen-bond acceptors (Lipinski definition) is 5. The fourth-order valence-electron chi connectivity index (χ4n) is 11.2. The van der Waals surface area contributed by atoms with Crippen LogP contribution in [0.1, 0.15) is 86.5 Å². The fraction of sp³-hybridized carbons (Fsp3) is 0.931. The summed E-state index contributed by atoms with van der Waals surface area (Å²) in [6.45, 7) is 14.1. The number of carbonyl (C=O) groups is 1. The van der Waals surface area contributed by atoms with E-state index in [9.17, 15) is 9.90 Å². The molecule has 5 aliphatic carbocycles. The zero-order valence-corrected chi connectivity index (χ0v) is 23.2. The van der Waals surface area contributed by atoms with Gasteiger partial charge in [0.2, 0.25) is 0 Å². The first-order chi connectivity index (χ1) is 15.9. The molecule has 11 atom stereocenters. The van der Waals surface area contributed by atoms with E-state index in [1.165, 1.54) is 23.6 Å². The first-order valence-electron chi connectivity index (χ1n) is 14.0. The minimum atomic E-state index is -0.320. The average molecular weight is 487 g/mol. The quantitative estimate of drug-likeness (QED) is 0.566. The van der Waals surface area contributed by atoms with Crippen molar-refractivity contribution in [1.82, 2.24) is 5.32 Å². The van der Waals surface area contributed by atoms with E-state index in [2.05, 4.69) is 46.9 Å². The summed E-state index contributed by atoms with van der Waals surface area (Å²) in [6.07, 6.45) is 7.06. The third-order valence-corrected chi connectivity index (χ3v) is 14.6. The monoisotopic (exact) mass is 486 g/mol. The molecule has 5 saturated carbocycles. The number of hydrogen-bond donors (Lipinski definition) is 2. The molecule has 6 rings (SSSR count). The van der Waals surface area contributed by atoms with Crippen LogP contribution in [0.15, 0.2) is 4.99 Å². The van der Waals surface area contributed by atoms with Gasteiger partial charge in [-0.15, -0.1) is 11.8 Å². The zero-order chi connectivity index (χ0) is 24.5. The number of ketones is 1. The maximum absolute atomic E-state index is 14.4. The minimum absolute atomic E-state index is 0.0343. The number of carbonyl (C=O) groups excluding carboxylic acids is 1. The van der Waals surface area contributed by atoms with Gasteiger partial charge >= 0.3 is 0 Å². The number of nitrogens with zero attached hydrogens (tertiary/aromatic N) is 1. The van der Waals surface area contributed by atoms with Crippen molar-refractivity contribution in [2.75, 3.05) is 12.8 Å². The standard InChI is InChI=1S/C29H46N2O2S/c1-16(2)24-31-21-10-11-28-14-29(28)20(9-8-19(28)25(21,4)15-34-24)26(5)12-18(32)23(17(3)30-7)27(26,6)13-22(29)33/h16-21,23,30,32H,8-15H2,1-7H3/t17-,18+,19-,20-,21-,23-,25-,26-,27+,28+,29+/m0/s1. The van der Waals surface area contributed by atoms with Crippen LogP contribution in [0.4, 0.5) is 0 Å². The molecule has 1 aliphatic heterocycles. The van der Waals surface area contributed by atoms with E-state index in [0.717, 1.165) is 25.7 Å². The number of fused-ring (bicyclic) bond motifs is 4. The summed E-state index contributed by atoms with van der Waals surface area (Å²) in [5, 5.41) is 16.1. The van der Waals surface area contributed by atoms with E-state index in [1.54, 1.807) is 0 Å². The van der Waals surface area contributed by atoms with Crippen LogP contribution >= 0.6 is 11.8 Å². The summed E-state index contributed by atoms with van der Waals surface area (Å²) >= 11 is 2.00. The number of aliphatic hydroxyl groups excluding tert-OH is 1. The van der Waals surface area contributed by atoms with Gasteiger partial charge in [-0.3, -0.25) is 9.79 Å². The highest BCUT2D eigenvalue weighted by molar-refractivity contribution is 8.14. The first-order valence-corrected chi connectivity index (χ1v) is 15.0. The number of aliphatic hydroxyl groups is 1. The summed E-state index contributed by atoms with van der Waals surface area (Å²) < 4.78 is 0. The lowest BCUT2D eigenvalue weighted by Gasteiger charge is -2.63. The Morgan fingerprint density at radius 2 is 1.79 bits per heavy atom. The van der Waals surface area contributed by atoms with Crippen molar-refractivity contribution in [2.45, 2.75) is 105 Å². The molecule has 0 saturated heterocycles. The molecule has 0 amide bonds. The molecule has 0 bridgehead atoms. The number of nitrogens with one attached hydrogen (secondary N) is 1. The molecular formula is C29H46N2O2S. The second-order valence-electron chi connectivity index (χ2n) is 14.3. The van der Waals surface area contributed by atoms with E-state index >= 15 is 0 Å². The van der Waals surface area contributed by atoms with Gasteiger partial charge in [-0.2, -0.15) is 0 Å². The molecule has 2 spiro atoms. The van der Waals surface area contributed by atoms with Crippen LogP contribution in [0.3, 0.4) is 0 Å². The normalized spacial score (nSPS) is 56.6. The zero-order valence-electron chi connectivity index (χ0n) is 22.4. The smallest absolute Gasteiger partial charge is 0.140 e. The van der Waals surface area contributed by atoms with Crippen LogP contribution < -0.4 is 5.32 Å². The molecule has 0 radical (unpaired) electrons. The predicted molar refractivity (Wildman–Crippen MR) is 140 cm³/mol. The number of aliphatic imine (C=N–C) groups is 1. The van der Waals surface area contributed by atoms with Crippen molar-refractivity contribution in [3.63, 3.8) is 0 Å². The Labute approximate surface area is 210 Å². The van der Waals surface area contributed by atoms with E-state index in [4.69, 9.17) is 4.99 Å². The Morgan fingerprint density at radius 1 is 1.09 bits per heavy atom. The summed E-state index contributed by atoms with van der Waals surface area (Å²) in [6, 6.07) is 0.652. The van der Waals surface area contributed by atoms with Crippen molar-refractivity contribution < 1.29 is 9.90 Å². The van der Waals surface area contributed by atoms with Crippen molar-refractivity contribution in [3.8, 4) is 0 Å². The molecule has 1 heterocycles. The SMILES string of the molecule is CN[C@@H](C)[C@H]1[C@H](O)C[C@@]2(C)[C@@H]3CC[C@H]4[C@]5(C)CSC(C(C)C)=N[C@H]5CC[C@@]45C[C@]35C(=O)C[C@]12C. The van der Waals surface area contributed by atoms with Gasteiger partial charge in [0.05, 0.1) is 17.2 Å². The lowest BCUT2D eigenvalue weighted by molar-refractivity contribution is -0.167. The summed E-state index contributed by atoms with van der Waals surface area (Å²) in [5.41, 5.74) is 0.202. The van der Waals surface area contributed by atoms with Gasteiger partial charge in [0, 0.05) is 40.9 Å². The van der Waals surface area contributed by atoms with Crippen molar-refractivity contribution in [2.24, 2.45) is 55.7 Å². The van der Waals surface area contributed by atoms with Gasteiger partial charge in [0.1, 0.15) is 5.78 Å². The van der Waals surface area contributed by atoms with Crippen molar-refractivity contribution in [1.29, 1.82) is 0 Å². The van der Waals surface area contributed by atoms with Gasteiger partial charge in [-0.05, 0) is 80.6 Å². The third kappa shape index (κ3) is 2.51. The summed E-state index contributed by atoms with van der Waals surface area (Å²) in [5.74, 6) is 3.44. The highest BCUT2D eigenvalue weighted by Crippen LogP contribution is 2.88.